The van der Waals surface area contributed by atoms with E-state index in [1.165, 1.54) is 0 Å². The number of hydrogen-bond donors (Lipinski definition) is 10. The Labute approximate surface area is 740 Å². The molecule has 0 amide bonds. The number of pyridine rings is 3. The van der Waals surface area contributed by atoms with Crippen molar-refractivity contribution in [3.8, 4) is 0 Å². The van der Waals surface area contributed by atoms with Crippen molar-refractivity contribution in [1.82, 2.24) is 85.9 Å². The third-order valence-electron chi connectivity index (χ3n) is 24.3. The molecule has 5 saturated heterocycles. The number of rotatable bonds is 15. The minimum absolute atomic E-state index is 0.470. The zero-order valence-corrected chi connectivity index (χ0v) is 70.3. The third-order valence-corrected chi connectivity index (χ3v) is 24.3. The number of alkyl halides is 5. The molecule has 10 aromatic heterocycles. The minimum atomic E-state index is -0.735. The number of halogens is 5. The molecule has 10 aromatic carbocycles. The fourth-order valence-corrected chi connectivity index (χ4v) is 18.0. The summed E-state index contributed by atoms with van der Waals surface area (Å²) in [6.45, 7) is 6.21. The summed E-state index contributed by atoms with van der Waals surface area (Å²) in [5.74, 6) is 3.65. The Bertz CT molecular complexity index is 6470. The van der Waals surface area contributed by atoms with Gasteiger partial charge in [0.15, 0.2) is 40.0 Å². The van der Waals surface area contributed by atoms with Gasteiger partial charge in [-0.1, -0.05) is 91.0 Å². The highest BCUT2D eigenvalue weighted by atomic mass is 19.2. The Hall–Kier alpha value is -15.9. The van der Waals surface area contributed by atoms with Crippen molar-refractivity contribution in [3.63, 3.8) is 0 Å². The lowest BCUT2D eigenvalue weighted by atomic mass is 10.1. The van der Waals surface area contributed by atoms with E-state index >= 15 is 0 Å². The highest BCUT2D eigenvalue weighted by Crippen LogP contribution is 2.41. The zero-order valence-electron chi connectivity index (χ0n) is 70.3. The molecule has 0 spiro atoms. The van der Waals surface area contributed by atoms with Gasteiger partial charge in [-0.15, -0.1) is 0 Å². The van der Waals surface area contributed by atoms with E-state index in [0.29, 0.717) is 116 Å². The second-order valence-electron chi connectivity index (χ2n) is 32.9. The van der Waals surface area contributed by atoms with Crippen molar-refractivity contribution in [2.24, 2.45) is 0 Å². The summed E-state index contributed by atoms with van der Waals surface area (Å²) in [5, 5.41) is 64.8. The van der Waals surface area contributed by atoms with E-state index in [9.17, 15) is 22.0 Å². The second kappa shape index (κ2) is 35.9. The van der Waals surface area contributed by atoms with Gasteiger partial charge in [-0.05, 0) is 186 Å². The number of H-pyrrole nitrogens is 5. The molecule has 650 valence electrons. The normalized spacial score (nSPS) is 17.3. The minimum Gasteiger partial charge on any atom is -0.368 e. The van der Waals surface area contributed by atoms with Crippen LogP contribution in [0.1, 0.15) is 32.1 Å². The number of aromatic amines is 5. The van der Waals surface area contributed by atoms with Crippen molar-refractivity contribution in [2.75, 3.05) is 117 Å². The molecule has 10 N–H and O–H groups in total. The Morgan fingerprint density at radius 1 is 0.246 bits per heavy atom. The van der Waals surface area contributed by atoms with Crippen LogP contribution < -0.4 is 51.1 Å². The van der Waals surface area contributed by atoms with Gasteiger partial charge < -0.3 is 51.1 Å². The van der Waals surface area contributed by atoms with Crippen molar-refractivity contribution in [2.45, 2.75) is 63.0 Å². The first-order chi connectivity index (χ1) is 63.9. The maximum Gasteiger partial charge on any atom is 0.201 e. The van der Waals surface area contributed by atoms with E-state index in [1.807, 2.05) is 97.1 Å². The molecule has 0 radical (unpaired) electrons. The molecule has 5 atom stereocenters. The summed E-state index contributed by atoms with van der Waals surface area (Å²) in [6, 6.07) is 73.3. The molecule has 5 aliphatic rings. The van der Waals surface area contributed by atoms with E-state index in [-0.39, 0.29) is 0 Å². The number of nitrogens with zero attached hydrogens (tertiary/aromatic N) is 17. The molecule has 15 heterocycles. The van der Waals surface area contributed by atoms with E-state index in [4.69, 9.17) is 0 Å². The lowest BCUT2D eigenvalue weighted by Crippen LogP contribution is -2.20. The van der Waals surface area contributed by atoms with Crippen LogP contribution in [0, 0.1) is 0 Å². The van der Waals surface area contributed by atoms with Gasteiger partial charge in [-0.3, -0.25) is 35.5 Å². The van der Waals surface area contributed by atoms with Crippen LogP contribution in [0.4, 0.5) is 108 Å². The summed E-state index contributed by atoms with van der Waals surface area (Å²) < 4.78 is 68.0. The Morgan fingerprint density at radius 3 is 0.869 bits per heavy atom. The second-order valence-corrected chi connectivity index (χ2v) is 32.9. The van der Waals surface area contributed by atoms with Gasteiger partial charge in [0, 0.05) is 193 Å². The van der Waals surface area contributed by atoms with Gasteiger partial charge in [0.2, 0.25) is 11.3 Å². The van der Waals surface area contributed by atoms with Gasteiger partial charge in [0.25, 0.3) is 0 Å². The molecular formula is C98H88F5N27. The quantitative estimate of drug-likeness (QED) is 0.0426. The van der Waals surface area contributed by atoms with Gasteiger partial charge in [0.1, 0.15) is 47.7 Å². The molecule has 0 bridgehead atoms. The first kappa shape index (κ1) is 81.2. The maximum atomic E-state index is 13.6. The predicted octanol–water partition coefficient (Wildman–Crippen LogP) is 20.8. The highest BCUT2D eigenvalue weighted by molar-refractivity contribution is 6.03. The molecular weight excluding hydrogens is 1650 g/mol. The number of aromatic nitrogens is 17. The lowest BCUT2D eigenvalue weighted by molar-refractivity contribution is 0.364. The number of anilines is 15. The van der Waals surface area contributed by atoms with Gasteiger partial charge >= 0.3 is 0 Å². The lowest BCUT2D eigenvalue weighted by Gasteiger charge is -2.20. The van der Waals surface area contributed by atoms with Crippen molar-refractivity contribution < 1.29 is 22.0 Å². The summed E-state index contributed by atoms with van der Waals surface area (Å²) >= 11 is 0. The topological polar surface area (TPSA) is 310 Å². The fraction of sp³-hybridized carbons (Fsp3) is 0.204. The molecule has 25 rings (SSSR count). The van der Waals surface area contributed by atoms with Crippen LogP contribution in [0.15, 0.2) is 262 Å². The zero-order chi connectivity index (χ0) is 87.5. The first-order valence-electron chi connectivity index (χ1n) is 43.5. The van der Waals surface area contributed by atoms with Gasteiger partial charge in [-0.2, -0.15) is 25.5 Å². The third kappa shape index (κ3) is 17.1. The summed E-state index contributed by atoms with van der Waals surface area (Å²) in [5.41, 5.74) is 16.8. The van der Waals surface area contributed by atoms with E-state index in [1.54, 1.807) is 43.4 Å². The maximum absolute atomic E-state index is 13.6. The number of hydrogen-bond acceptors (Lipinski definition) is 22. The molecule has 130 heavy (non-hydrogen) atoms. The summed E-state index contributed by atoms with van der Waals surface area (Å²) in [6.07, 6.45) is 11.1. The largest absolute Gasteiger partial charge is 0.368 e. The van der Waals surface area contributed by atoms with Crippen LogP contribution in [-0.4, -0.2) is 182 Å². The average Bonchev–Trinajstić information content (AvgIpc) is 1.49. The fourth-order valence-electron chi connectivity index (χ4n) is 18.0. The number of nitrogens with one attached hydrogen (secondary N) is 10. The highest BCUT2D eigenvalue weighted by Gasteiger charge is 2.29. The smallest absolute Gasteiger partial charge is 0.201 e. The van der Waals surface area contributed by atoms with E-state index < -0.39 is 30.9 Å². The molecule has 20 aromatic rings. The van der Waals surface area contributed by atoms with Crippen molar-refractivity contribution in [1.29, 1.82) is 0 Å². The molecule has 27 nitrogen and oxygen atoms in total. The van der Waals surface area contributed by atoms with Crippen LogP contribution in [0.2, 0.25) is 0 Å². The molecule has 5 fully saturated rings. The van der Waals surface area contributed by atoms with Gasteiger partial charge in [0.05, 0.1) is 16.4 Å². The molecule has 0 unspecified atom stereocenters. The SMILES string of the molecule is F[C@@H]1CCN(c2cccc3cc(Nc4[nH]nc5nccnc45)ccc23)C1.F[C@@H]1CCN(c2cccc3cc(Nc4n[nH]c5cccnc45)ccc23)C1.F[C@H]1CCN(c2cccc3cc(Nc4[nH]nc5ncccc45)ccc23)C1.F[C@H]1CCN(c2cccc3cc(Nc4[nH]nc5nccnc45)ccc23)C1.F[C@H]1CCN(c2cccc3cc(Nc4n[nH]c5cccnc45)ccc23)C1. The van der Waals surface area contributed by atoms with E-state index in [0.717, 1.165) is 177 Å². The number of fused-ring (bicyclic) bond motifs is 10. The molecule has 0 aliphatic carbocycles. The monoisotopic (exact) mass is 1740 g/mol. The van der Waals surface area contributed by atoms with Crippen LogP contribution in [0.25, 0.3) is 109 Å². The van der Waals surface area contributed by atoms with Crippen LogP contribution in [0.3, 0.4) is 0 Å². The Balaban J connectivity index is 0.0000000983. The van der Waals surface area contributed by atoms with Crippen LogP contribution in [0.5, 0.6) is 0 Å². The number of benzene rings is 10. The van der Waals surface area contributed by atoms with E-state index in [2.05, 4.69) is 258 Å². The van der Waals surface area contributed by atoms with Crippen molar-refractivity contribution >= 4 is 195 Å². The van der Waals surface area contributed by atoms with Gasteiger partial charge in [-0.25, -0.2) is 46.9 Å². The Kier molecular flexibility index (Phi) is 22.4. The molecule has 0 saturated carbocycles. The van der Waals surface area contributed by atoms with Crippen LogP contribution in [-0.2, 0) is 0 Å². The Morgan fingerprint density at radius 2 is 0.531 bits per heavy atom. The predicted molar refractivity (Wildman–Crippen MR) is 510 cm³/mol. The van der Waals surface area contributed by atoms with Crippen molar-refractivity contribution in [3.05, 3.63) is 262 Å². The standard InChI is InChI=1S/3C20H18FN5.2C19H17FN6/c2*21-14-8-10-26(12-14)18-5-1-3-13-11-15(6-7-16(13)18)23-20-19-17(24-25-20)4-2-9-22-19;21-14-8-10-26(12-14)18-5-1-3-13-11-15(6-7-16(13)18)23-20-17-4-2-9-22-19(17)24-25-20;2*20-13-6-9-26(11-13)16-3-1-2-12-10-14(4-5-15(12)16)23-19-17-18(24-25-19)22-8-7-21-17/h2*1-7,9,11,14H,8,10,12H2,(H2,23,24,25);1-7,9,11,14H,8,10,12H2,(H2,22,23,24,25);2*1-5,7-8,10,13H,6,9,11H2,(H2,22,23,24,25)/t3*14-;2*13-/m10010/s1. The first-order valence-corrected chi connectivity index (χ1v) is 43.5. The summed E-state index contributed by atoms with van der Waals surface area (Å²) in [7, 11) is 0. The van der Waals surface area contributed by atoms with Crippen LogP contribution >= 0.6 is 0 Å². The molecule has 32 heteroatoms. The molecule has 5 aliphatic heterocycles. The summed E-state index contributed by atoms with van der Waals surface area (Å²) in [4.78, 5) is 40.6. The average molecular weight is 1740 g/mol.